The Hall–Kier alpha value is -5.37. The van der Waals surface area contributed by atoms with Crippen molar-refractivity contribution in [3.8, 4) is 16.9 Å². The summed E-state index contributed by atoms with van der Waals surface area (Å²) in [6.07, 6.45) is 3.26. The van der Waals surface area contributed by atoms with Crippen LogP contribution in [0.2, 0.25) is 5.02 Å². The number of hydrogen-bond donors (Lipinski definition) is 2. The molecule has 2 aliphatic heterocycles. The number of methoxy groups -OCH3 is 1. The molecular formula is C44H48ClN7O5S. The minimum atomic E-state index is -3.56. The van der Waals surface area contributed by atoms with Crippen LogP contribution in [0.15, 0.2) is 102 Å². The number of carbonyl (C=O) groups is 1. The Morgan fingerprint density at radius 3 is 2.17 bits per heavy atom. The first-order chi connectivity index (χ1) is 28.1. The van der Waals surface area contributed by atoms with Crippen LogP contribution in [0.3, 0.4) is 0 Å². The van der Waals surface area contributed by atoms with Crippen LogP contribution in [0, 0.1) is 0 Å². The number of nitrogens with zero attached hydrogens (tertiary/aromatic N) is 5. The highest BCUT2D eigenvalue weighted by Crippen LogP contribution is 2.44. The van der Waals surface area contributed by atoms with Gasteiger partial charge in [-0.2, -0.15) is 4.98 Å². The highest BCUT2D eigenvalue weighted by molar-refractivity contribution is 7.92. The lowest BCUT2D eigenvalue weighted by Crippen LogP contribution is -2.54. The molecule has 14 heteroatoms. The molecule has 5 aromatic rings. The molecule has 0 radical (unpaired) electrons. The maximum Gasteiger partial charge on any atom is 0.409 e. The van der Waals surface area contributed by atoms with Crippen LogP contribution in [-0.2, 0) is 14.6 Å². The molecule has 3 heterocycles. The topological polar surface area (TPSA) is 129 Å². The van der Waals surface area contributed by atoms with E-state index in [0.29, 0.717) is 42.9 Å². The lowest BCUT2D eigenvalue weighted by Gasteiger charge is -2.43. The second-order valence-corrected chi connectivity index (χ2v) is 18.0. The van der Waals surface area contributed by atoms with Crippen LogP contribution in [0.4, 0.5) is 33.6 Å². The number of fused-ring (bicyclic) bond motifs is 3. The second kappa shape index (κ2) is 16.8. The summed E-state index contributed by atoms with van der Waals surface area (Å²) in [6, 6.07) is 30.0. The van der Waals surface area contributed by atoms with Gasteiger partial charge in [-0.05, 0) is 73.2 Å². The molecule has 1 aliphatic carbocycles. The summed E-state index contributed by atoms with van der Waals surface area (Å²) >= 11 is 6.46. The molecule has 302 valence electrons. The Balaban J connectivity index is 0.837. The third-order valence-electron chi connectivity index (χ3n) is 11.5. The normalized spacial score (nSPS) is 16.2. The lowest BCUT2D eigenvalue weighted by molar-refractivity contribution is 0.0576. The maximum atomic E-state index is 13.2. The van der Waals surface area contributed by atoms with E-state index in [0.717, 1.165) is 44.7 Å². The fourth-order valence-electron chi connectivity index (χ4n) is 8.26. The van der Waals surface area contributed by atoms with E-state index < -0.39 is 15.1 Å². The molecule has 2 N–H and O–H groups in total. The number of benzene rings is 4. The number of carbonyl (C=O) groups excluding carboxylic acids is 1. The van der Waals surface area contributed by atoms with Gasteiger partial charge in [0.05, 0.1) is 34.8 Å². The van der Waals surface area contributed by atoms with Crippen molar-refractivity contribution >= 4 is 56.4 Å². The lowest BCUT2D eigenvalue weighted by atomic mass is 9.98. The molecule has 8 rings (SSSR count). The van der Waals surface area contributed by atoms with Gasteiger partial charge in [-0.3, -0.25) is 4.90 Å². The number of piperazine rings is 1. The van der Waals surface area contributed by atoms with Crippen molar-refractivity contribution in [1.29, 1.82) is 0 Å². The van der Waals surface area contributed by atoms with Crippen LogP contribution < -0.4 is 20.3 Å². The number of nitrogens with one attached hydrogen (secondary N) is 2. The van der Waals surface area contributed by atoms with Gasteiger partial charge < -0.3 is 29.9 Å². The average Bonchev–Trinajstić information content (AvgIpc) is 3.57. The summed E-state index contributed by atoms with van der Waals surface area (Å²) in [4.78, 5) is 29.1. The van der Waals surface area contributed by atoms with Crippen LogP contribution >= 0.6 is 11.6 Å². The molecule has 2 fully saturated rings. The zero-order valence-corrected chi connectivity index (χ0v) is 34.5. The van der Waals surface area contributed by atoms with Crippen molar-refractivity contribution in [2.24, 2.45) is 0 Å². The second-order valence-electron chi connectivity index (χ2n) is 15.2. The molecule has 3 aliphatic rings. The van der Waals surface area contributed by atoms with E-state index in [4.69, 9.17) is 21.1 Å². The molecule has 0 atom stereocenters. The van der Waals surface area contributed by atoms with E-state index in [1.54, 1.807) is 45.2 Å². The largest absolute Gasteiger partial charge is 0.494 e. The van der Waals surface area contributed by atoms with Crippen molar-refractivity contribution < 1.29 is 22.7 Å². The Morgan fingerprint density at radius 2 is 1.50 bits per heavy atom. The van der Waals surface area contributed by atoms with Gasteiger partial charge in [0.15, 0.2) is 15.7 Å². The van der Waals surface area contributed by atoms with Crippen LogP contribution in [0.25, 0.3) is 11.1 Å². The highest BCUT2D eigenvalue weighted by Gasteiger charge is 2.32. The van der Waals surface area contributed by atoms with Gasteiger partial charge in [-0.1, -0.05) is 72.3 Å². The number of para-hydroxylation sites is 1. The third kappa shape index (κ3) is 8.03. The van der Waals surface area contributed by atoms with Crippen molar-refractivity contribution in [3.63, 3.8) is 0 Å². The number of anilines is 5. The zero-order chi connectivity index (χ0) is 40.4. The Kier molecular flexibility index (Phi) is 11.5. The first-order valence-corrected chi connectivity index (χ1v) is 21.7. The van der Waals surface area contributed by atoms with E-state index in [1.165, 1.54) is 28.5 Å². The number of sulfone groups is 1. The molecule has 1 amide bonds. The average molecular weight is 822 g/mol. The molecule has 0 spiro atoms. The molecule has 58 heavy (non-hydrogen) atoms. The number of aromatic nitrogens is 2. The number of rotatable bonds is 11. The minimum absolute atomic E-state index is 0.0541. The van der Waals surface area contributed by atoms with E-state index >= 15 is 0 Å². The molecule has 0 saturated carbocycles. The number of amides is 1. The van der Waals surface area contributed by atoms with Crippen molar-refractivity contribution in [2.75, 3.05) is 68.5 Å². The zero-order valence-electron chi connectivity index (χ0n) is 32.9. The summed E-state index contributed by atoms with van der Waals surface area (Å²) < 4.78 is 37.8. The van der Waals surface area contributed by atoms with Crippen molar-refractivity contribution in [1.82, 2.24) is 19.8 Å². The fourth-order valence-corrected chi connectivity index (χ4v) is 9.60. The Morgan fingerprint density at radius 1 is 0.845 bits per heavy atom. The molecule has 4 aromatic carbocycles. The first kappa shape index (κ1) is 39.5. The van der Waals surface area contributed by atoms with Crippen LogP contribution in [0.1, 0.15) is 43.7 Å². The molecule has 0 unspecified atom stereocenters. The number of piperidine rings is 1. The Labute approximate surface area is 345 Å². The SMILES string of the molecule is COc1cc(N2CCC(N3CCN(C(=O)OCC4c5ccccc5-c5ccccc54)CC3)CC2)ccc1Nc1ncc(Cl)c(Nc2ccccc2S(=O)(=O)C(C)C)n1. The summed E-state index contributed by atoms with van der Waals surface area (Å²) in [5, 5.41) is 5.98. The summed E-state index contributed by atoms with van der Waals surface area (Å²) in [7, 11) is -1.93. The molecule has 12 nitrogen and oxygen atoms in total. The monoisotopic (exact) mass is 821 g/mol. The van der Waals surface area contributed by atoms with Gasteiger partial charge in [0.2, 0.25) is 5.95 Å². The van der Waals surface area contributed by atoms with Crippen LogP contribution in [0.5, 0.6) is 5.75 Å². The molecule has 0 bridgehead atoms. The molecule has 1 aromatic heterocycles. The highest BCUT2D eigenvalue weighted by atomic mass is 35.5. The predicted molar refractivity (Wildman–Crippen MR) is 229 cm³/mol. The maximum absolute atomic E-state index is 13.2. The van der Waals surface area contributed by atoms with Gasteiger partial charge in [0.1, 0.15) is 17.4 Å². The summed E-state index contributed by atoms with van der Waals surface area (Å²) in [5.41, 5.74) is 7.00. The Bertz CT molecular complexity index is 2350. The van der Waals surface area contributed by atoms with Gasteiger partial charge in [0.25, 0.3) is 0 Å². The van der Waals surface area contributed by atoms with Gasteiger partial charge >= 0.3 is 6.09 Å². The fraction of sp³-hybridized carbons (Fsp3) is 0.341. The number of hydrogen-bond acceptors (Lipinski definition) is 11. The van der Waals surface area contributed by atoms with E-state index in [-0.39, 0.29) is 33.7 Å². The van der Waals surface area contributed by atoms with Crippen molar-refractivity contribution in [3.05, 3.63) is 113 Å². The van der Waals surface area contributed by atoms with Crippen molar-refractivity contribution in [2.45, 2.75) is 48.8 Å². The van der Waals surface area contributed by atoms with E-state index in [2.05, 4.69) is 85.0 Å². The molecular weight excluding hydrogens is 774 g/mol. The van der Waals surface area contributed by atoms with Gasteiger partial charge in [-0.25, -0.2) is 18.2 Å². The van der Waals surface area contributed by atoms with E-state index in [9.17, 15) is 13.2 Å². The standard InChI is InChI=1S/C44H48ClN7O5S/c1-29(2)58(54,55)41-15-9-8-14-39(41)47-42-37(45)27-46-43(49-42)48-38-17-16-31(26-40(38)56-3)50-20-18-30(19-21-50)51-22-24-52(25-23-51)44(53)57-28-36-34-12-6-4-10-32(34)33-11-5-7-13-35(33)36/h4-17,26-27,29-30,36H,18-25,28H2,1-3H3,(H2,46,47,48,49). The van der Waals surface area contributed by atoms with Gasteiger partial charge in [0, 0.05) is 63.0 Å². The number of halogens is 1. The quantitative estimate of drug-likeness (QED) is 0.133. The minimum Gasteiger partial charge on any atom is -0.494 e. The first-order valence-electron chi connectivity index (χ1n) is 19.8. The number of ether oxygens (including phenoxy) is 2. The summed E-state index contributed by atoms with van der Waals surface area (Å²) in [5.74, 6) is 1.22. The third-order valence-corrected chi connectivity index (χ3v) is 14.0. The molecule has 2 saturated heterocycles. The smallest absolute Gasteiger partial charge is 0.409 e. The van der Waals surface area contributed by atoms with Crippen LogP contribution in [-0.4, -0.2) is 98.6 Å². The predicted octanol–water partition coefficient (Wildman–Crippen LogP) is 8.34. The van der Waals surface area contributed by atoms with E-state index in [1.807, 2.05) is 17.0 Å². The van der Waals surface area contributed by atoms with Gasteiger partial charge in [-0.15, -0.1) is 0 Å². The summed E-state index contributed by atoms with van der Waals surface area (Å²) in [6.45, 7) is 8.41.